The molecule has 114 valence electrons. The molecule has 0 spiro atoms. The molecule has 4 heteroatoms. The highest BCUT2D eigenvalue weighted by Gasteiger charge is 2.13. The number of hydrogen-bond donors (Lipinski definition) is 2. The van der Waals surface area contributed by atoms with E-state index in [4.69, 9.17) is 5.73 Å². The van der Waals surface area contributed by atoms with E-state index in [1.807, 2.05) is 25.2 Å². The molecule has 0 unspecified atom stereocenters. The van der Waals surface area contributed by atoms with Gasteiger partial charge in [0.15, 0.2) is 0 Å². The van der Waals surface area contributed by atoms with Gasteiger partial charge >= 0.3 is 0 Å². The predicted molar refractivity (Wildman–Crippen MR) is 97.6 cm³/mol. The van der Waals surface area contributed by atoms with Crippen LogP contribution in [0, 0.1) is 0 Å². The first-order valence-electron chi connectivity index (χ1n) is 7.60. The van der Waals surface area contributed by atoms with Crippen molar-refractivity contribution in [1.29, 1.82) is 0 Å². The first kappa shape index (κ1) is 13.6. The van der Waals surface area contributed by atoms with Gasteiger partial charge in [-0.05, 0) is 24.3 Å². The molecule has 2 aromatic carbocycles. The zero-order valence-electron chi connectivity index (χ0n) is 13.2. The third-order valence-electron chi connectivity index (χ3n) is 4.32. The van der Waals surface area contributed by atoms with Gasteiger partial charge in [0, 0.05) is 53.4 Å². The van der Waals surface area contributed by atoms with Crippen LogP contribution in [0.1, 0.15) is 0 Å². The SMILES string of the molecule is CNc1ccc2cc(-c3cn(C)c4ccccc34)c(N)nc2c1. The fraction of sp³-hybridized carbons (Fsp3) is 0.105. The van der Waals surface area contributed by atoms with Crippen molar-refractivity contribution in [2.75, 3.05) is 18.1 Å². The summed E-state index contributed by atoms with van der Waals surface area (Å²) in [7, 11) is 3.95. The Morgan fingerprint density at radius 2 is 1.87 bits per heavy atom. The lowest BCUT2D eigenvalue weighted by Crippen LogP contribution is -1.96. The number of rotatable bonds is 2. The van der Waals surface area contributed by atoms with Crippen LogP contribution >= 0.6 is 0 Å². The van der Waals surface area contributed by atoms with Gasteiger partial charge in [-0.15, -0.1) is 0 Å². The Morgan fingerprint density at radius 1 is 1.04 bits per heavy atom. The van der Waals surface area contributed by atoms with Crippen molar-refractivity contribution in [2.45, 2.75) is 0 Å². The van der Waals surface area contributed by atoms with E-state index >= 15 is 0 Å². The molecule has 0 aliphatic rings. The molecule has 0 saturated carbocycles. The number of aryl methyl sites for hydroxylation is 1. The first-order valence-corrected chi connectivity index (χ1v) is 7.60. The summed E-state index contributed by atoms with van der Waals surface area (Å²) in [6, 6.07) is 16.6. The molecule has 0 bridgehead atoms. The van der Waals surface area contributed by atoms with Crippen molar-refractivity contribution in [2.24, 2.45) is 7.05 Å². The minimum absolute atomic E-state index is 0.558. The van der Waals surface area contributed by atoms with Crippen molar-refractivity contribution in [3.8, 4) is 11.1 Å². The molecule has 2 aromatic heterocycles. The van der Waals surface area contributed by atoms with Crippen LogP contribution in [0.3, 0.4) is 0 Å². The number of benzene rings is 2. The lowest BCUT2D eigenvalue weighted by atomic mass is 10.0. The maximum atomic E-state index is 6.27. The van der Waals surface area contributed by atoms with E-state index < -0.39 is 0 Å². The van der Waals surface area contributed by atoms with Crippen LogP contribution in [0.5, 0.6) is 0 Å². The van der Waals surface area contributed by atoms with Gasteiger partial charge in [0.2, 0.25) is 0 Å². The van der Waals surface area contributed by atoms with Gasteiger partial charge in [-0.2, -0.15) is 0 Å². The van der Waals surface area contributed by atoms with Gasteiger partial charge in [0.05, 0.1) is 5.52 Å². The quantitative estimate of drug-likeness (QED) is 0.588. The van der Waals surface area contributed by atoms with Crippen molar-refractivity contribution < 1.29 is 0 Å². The second-order valence-corrected chi connectivity index (χ2v) is 5.75. The Bertz CT molecular complexity index is 1030. The monoisotopic (exact) mass is 302 g/mol. The number of aromatic nitrogens is 2. The average Bonchev–Trinajstić information content (AvgIpc) is 2.91. The first-order chi connectivity index (χ1) is 11.2. The van der Waals surface area contributed by atoms with Crippen LogP contribution < -0.4 is 11.1 Å². The zero-order chi connectivity index (χ0) is 16.0. The maximum absolute atomic E-state index is 6.27. The lowest BCUT2D eigenvalue weighted by Gasteiger charge is -2.08. The molecule has 4 aromatic rings. The Labute approximate surface area is 134 Å². The van der Waals surface area contributed by atoms with Gasteiger partial charge < -0.3 is 15.6 Å². The number of nitrogens with two attached hydrogens (primary N) is 1. The largest absolute Gasteiger partial charge is 0.388 e. The van der Waals surface area contributed by atoms with E-state index in [2.05, 4.69) is 58.4 Å². The number of nitrogens with one attached hydrogen (secondary N) is 1. The summed E-state index contributed by atoms with van der Waals surface area (Å²) in [6.07, 6.45) is 2.12. The number of hydrogen-bond acceptors (Lipinski definition) is 3. The van der Waals surface area contributed by atoms with E-state index in [-0.39, 0.29) is 0 Å². The molecule has 0 fully saturated rings. The van der Waals surface area contributed by atoms with Gasteiger partial charge in [-0.25, -0.2) is 4.98 Å². The molecule has 0 amide bonds. The molecule has 0 aliphatic heterocycles. The fourth-order valence-electron chi connectivity index (χ4n) is 3.11. The van der Waals surface area contributed by atoms with E-state index in [1.54, 1.807) is 0 Å². The van der Waals surface area contributed by atoms with E-state index in [0.29, 0.717) is 5.82 Å². The molecule has 23 heavy (non-hydrogen) atoms. The molecule has 4 nitrogen and oxygen atoms in total. The highest BCUT2D eigenvalue weighted by atomic mass is 14.9. The van der Waals surface area contributed by atoms with Crippen molar-refractivity contribution in [3.05, 3.63) is 54.7 Å². The summed E-state index contributed by atoms with van der Waals surface area (Å²) in [5.74, 6) is 0.558. The maximum Gasteiger partial charge on any atom is 0.132 e. The number of fused-ring (bicyclic) bond motifs is 2. The van der Waals surface area contributed by atoms with Crippen LogP contribution in [-0.4, -0.2) is 16.6 Å². The highest BCUT2D eigenvalue weighted by Crippen LogP contribution is 2.35. The summed E-state index contributed by atoms with van der Waals surface area (Å²) < 4.78 is 2.12. The minimum Gasteiger partial charge on any atom is -0.388 e. The second-order valence-electron chi connectivity index (χ2n) is 5.75. The number of nitrogen functional groups attached to an aromatic ring is 1. The van der Waals surface area contributed by atoms with Crippen molar-refractivity contribution in [1.82, 2.24) is 9.55 Å². The van der Waals surface area contributed by atoms with E-state index in [0.717, 1.165) is 27.7 Å². The lowest BCUT2D eigenvalue weighted by molar-refractivity contribution is 0.970. The zero-order valence-corrected chi connectivity index (χ0v) is 13.2. The van der Waals surface area contributed by atoms with Gasteiger partial charge in [-0.1, -0.05) is 24.3 Å². The Kier molecular flexibility index (Phi) is 2.98. The normalized spacial score (nSPS) is 11.2. The van der Waals surface area contributed by atoms with E-state index in [9.17, 15) is 0 Å². The van der Waals surface area contributed by atoms with Crippen LogP contribution in [0.25, 0.3) is 32.9 Å². The molecule has 0 aliphatic carbocycles. The van der Waals surface area contributed by atoms with Gasteiger partial charge in [-0.3, -0.25) is 0 Å². The molecular formula is C19H18N4. The third-order valence-corrected chi connectivity index (χ3v) is 4.32. The molecule has 0 saturated heterocycles. The summed E-state index contributed by atoms with van der Waals surface area (Å²) in [4.78, 5) is 4.61. The Hall–Kier alpha value is -3.01. The summed E-state index contributed by atoms with van der Waals surface area (Å²) in [5, 5.41) is 5.40. The third kappa shape index (κ3) is 2.11. The summed E-state index contributed by atoms with van der Waals surface area (Å²) >= 11 is 0. The standard InChI is InChI=1S/C19H18N4/c1-21-13-8-7-12-9-15(19(20)22-17(12)10-13)16-11-23(2)18-6-4-3-5-14(16)18/h3-11,21H,1-2H3,(H2,20,22). The molecular weight excluding hydrogens is 284 g/mol. The summed E-state index contributed by atoms with van der Waals surface area (Å²) in [5.41, 5.74) is 11.5. The number of anilines is 2. The van der Waals surface area contributed by atoms with Crippen LogP contribution in [0.2, 0.25) is 0 Å². The molecule has 3 N–H and O–H groups in total. The molecule has 0 atom stereocenters. The van der Waals surface area contributed by atoms with Crippen molar-refractivity contribution in [3.63, 3.8) is 0 Å². The van der Waals surface area contributed by atoms with Crippen LogP contribution in [-0.2, 0) is 7.05 Å². The second kappa shape index (κ2) is 5.02. The smallest absolute Gasteiger partial charge is 0.132 e. The summed E-state index contributed by atoms with van der Waals surface area (Å²) in [6.45, 7) is 0. The predicted octanol–water partition coefficient (Wildman–Crippen LogP) is 4.02. The molecule has 2 heterocycles. The van der Waals surface area contributed by atoms with E-state index in [1.165, 1.54) is 10.9 Å². The molecule has 0 radical (unpaired) electrons. The number of pyridine rings is 1. The number of nitrogens with zero attached hydrogens (tertiary/aromatic N) is 2. The average molecular weight is 302 g/mol. The van der Waals surface area contributed by atoms with Gasteiger partial charge in [0.1, 0.15) is 5.82 Å². The van der Waals surface area contributed by atoms with Crippen LogP contribution in [0.4, 0.5) is 11.5 Å². The highest BCUT2D eigenvalue weighted by molar-refractivity contribution is 6.01. The number of para-hydroxylation sites is 1. The Balaban J connectivity index is 1.99. The topological polar surface area (TPSA) is 55.9 Å². The van der Waals surface area contributed by atoms with Crippen LogP contribution in [0.15, 0.2) is 54.7 Å². The van der Waals surface area contributed by atoms with Gasteiger partial charge in [0.25, 0.3) is 0 Å². The van der Waals surface area contributed by atoms with Crippen molar-refractivity contribution >= 4 is 33.3 Å². The fourth-order valence-corrected chi connectivity index (χ4v) is 3.11. The minimum atomic E-state index is 0.558. The Morgan fingerprint density at radius 3 is 2.70 bits per heavy atom. The molecule has 4 rings (SSSR count).